The van der Waals surface area contributed by atoms with Crippen LogP contribution in [0.1, 0.15) is 24.4 Å². The number of oxazole rings is 1. The van der Waals surface area contributed by atoms with Gasteiger partial charge in [0.05, 0.1) is 11.6 Å². The van der Waals surface area contributed by atoms with Crippen LogP contribution < -0.4 is 5.76 Å². The molecular formula is C22H25N3O3. The number of benzene rings is 2. The van der Waals surface area contributed by atoms with Crippen LogP contribution in [0, 0.1) is 0 Å². The van der Waals surface area contributed by atoms with Gasteiger partial charge in [-0.3, -0.25) is 9.36 Å². The van der Waals surface area contributed by atoms with E-state index in [2.05, 4.69) is 24.1 Å². The Balaban J connectivity index is 1.43. The molecule has 0 N–H and O–H groups in total. The zero-order chi connectivity index (χ0) is 19.5. The predicted molar refractivity (Wildman–Crippen MR) is 108 cm³/mol. The number of nitrogens with zero attached hydrogens (tertiary/aromatic N) is 3. The number of amides is 1. The molecule has 1 saturated heterocycles. The fourth-order valence-electron chi connectivity index (χ4n) is 3.94. The first-order chi connectivity index (χ1) is 13.6. The number of para-hydroxylation sites is 2. The van der Waals surface area contributed by atoms with Crippen molar-refractivity contribution < 1.29 is 9.21 Å². The normalized spacial score (nSPS) is 17.9. The number of aryl methyl sites for hydroxylation is 1. The molecule has 1 aliphatic heterocycles. The van der Waals surface area contributed by atoms with Gasteiger partial charge in [-0.25, -0.2) is 4.79 Å². The third-order valence-electron chi connectivity index (χ3n) is 5.43. The number of hydrogen-bond acceptors (Lipinski definition) is 4. The summed E-state index contributed by atoms with van der Waals surface area (Å²) in [6.07, 6.45) is 1.02. The maximum atomic E-state index is 13.0. The molecule has 1 amide bonds. The highest BCUT2D eigenvalue weighted by molar-refractivity contribution is 5.77. The van der Waals surface area contributed by atoms with Crippen LogP contribution in [0.25, 0.3) is 11.1 Å². The molecule has 1 fully saturated rings. The van der Waals surface area contributed by atoms with E-state index in [1.54, 1.807) is 10.6 Å². The summed E-state index contributed by atoms with van der Waals surface area (Å²) < 4.78 is 6.88. The van der Waals surface area contributed by atoms with Crippen LogP contribution in [0.4, 0.5) is 0 Å². The monoisotopic (exact) mass is 379 g/mol. The number of carbonyl (C=O) groups is 1. The van der Waals surface area contributed by atoms with Gasteiger partial charge in [0.15, 0.2) is 5.58 Å². The number of piperazine rings is 1. The fraction of sp³-hybridized carbons (Fsp3) is 0.364. The minimum absolute atomic E-state index is 0.0740. The number of rotatable bonds is 5. The van der Waals surface area contributed by atoms with Gasteiger partial charge in [-0.2, -0.15) is 0 Å². The van der Waals surface area contributed by atoms with Gasteiger partial charge in [0.1, 0.15) is 0 Å². The first-order valence-electron chi connectivity index (χ1n) is 9.75. The van der Waals surface area contributed by atoms with Crippen molar-refractivity contribution in [2.45, 2.75) is 25.4 Å². The highest BCUT2D eigenvalue weighted by atomic mass is 16.4. The van der Waals surface area contributed by atoms with E-state index in [1.165, 1.54) is 5.56 Å². The van der Waals surface area contributed by atoms with E-state index in [4.69, 9.17) is 4.42 Å². The summed E-state index contributed by atoms with van der Waals surface area (Å²) in [7, 11) is 2.09. The summed E-state index contributed by atoms with van der Waals surface area (Å²) in [5, 5.41) is 0. The lowest BCUT2D eigenvalue weighted by atomic mass is 10.0. The molecule has 0 saturated carbocycles. The summed E-state index contributed by atoms with van der Waals surface area (Å²) in [6, 6.07) is 17.7. The summed E-state index contributed by atoms with van der Waals surface area (Å²) >= 11 is 0. The topological polar surface area (TPSA) is 58.7 Å². The van der Waals surface area contributed by atoms with Crippen LogP contribution in [0.3, 0.4) is 0 Å². The van der Waals surface area contributed by atoms with Crippen molar-refractivity contribution in [1.82, 2.24) is 14.4 Å². The van der Waals surface area contributed by atoms with E-state index >= 15 is 0 Å². The van der Waals surface area contributed by atoms with Crippen molar-refractivity contribution in [1.29, 1.82) is 0 Å². The summed E-state index contributed by atoms with van der Waals surface area (Å²) in [6.45, 7) is 2.91. The zero-order valence-corrected chi connectivity index (χ0v) is 16.1. The van der Waals surface area contributed by atoms with Crippen molar-refractivity contribution in [3.63, 3.8) is 0 Å². The smallest absolute Gasteiger partial charge is 0.408 e. The molecule has 0 spiro atoms. The number of aromatic nitrogens is 1. The van der Waals surface area contributed by atoms with Crippen LogP contribution in [0.5, 0.6) is 0 Å². The first kappa shape index (κ1) is 18.5. The van der Waals surface area contributed by atoms with Gasteiger partial charge in [0.2, 0.25) is 5.91 Å². The molecule has 1 atom stereocenters. The van der Waals surface area contributed by atoms with Crippen LogP contribution in [-0.2, 0) is 11.3 Å². The van der Waals surface area contributed by atoms with Crippen molar-refractivity contribution in [3.8, 4) is 0 Å². The summed E-state index contributed by atoms with van der Waals surface area (Å²) in [4.78, 5) is 29.3. The molecule has 146 valence electrons. The quantitative estimate of drug-likeness (QED) is 0.684. The van der Waals surface area contributed by atoms with Crippen LogP contribution in [-0.4, -0.2) is 47.0 Å². The van der Waals surface area contributed by atoms with Crippen molar-refractivity contribution in [2.24, 2.45) is 0 Å². The molecule has 3 aromatic rings. The Morgan fingerprint density at radius 2 is 1.82 bits per heavy atom. The average molecular weight is 379 g/mol. The molecule has 0 radical (unpaired) electrons. The molecule has 0 bridgehead atoms. The second-order valence-corrected chi connectivity index (χ2v) is 7.37. The lowest BCUT2D eigenvalue weighted by Gasteiger charge is -2.40. The SMILES string of the molecule is CN1CCN(C(=O)CCCn2c(=O)oc3ccccc32)C(c2ccccc2)C1. The number of hydrogen-bond donors (Lipinski definition) is 0. The van der Waals surface area contributed by atoms with Crippen molar-refractivity contribution in [2.75, 3.05) is 26.7 Å². The van der Waals surface area contributed by atoms with E-state index in [0.29, 0.717) is 25.0 Å². The Morgan fingerprint density at radius 1 is 1.07 bits per heavy atom. The van der Waals surface area contributed by atoms with Gasteiger partial charge in [0, 0.05) is 32.6 Å². The minimum atomic E-state index is -0.365. The molecule has 2 aromatic carbocycles. The molecule has 1 aromatic heterocycles. The van der Waals surface area contributed by atoms with E-state index in [-0.39, 0.29) is 17.7 Å². The Labute approximate surface area is 164 Å². The minimum Gasteiger partial charge on any atom is -0.408 e. The van der Waals surface area contributed by atoms with Gasteiger partial charge in [-0.15, -0.1) is 0 Å². The van der Waals surface area contributed by atoms with E-state index < -0.39 is 0 Å². The van der Waals surface area contributed by atoms with Crippen molar-refractivity contribution in [3.05, 3.63) is 70.7 Å². The van der Waals surface area contributed by atoms with Crippen LogP contribution in [0.2, 0.25) is 0 Å². The molecule has 2 heterocycles. The molecular weight excluding hydrogens is 354 g/mol. The van der Waals surface area contributed by atoms with E-state index in [1.807, 2.05) is 41.3 Å². The average Bonchev–Trinajstić information content (AvgIpc) is 3.04. The molecule has 1 aliphatic rings. The molecule has 6 nitrogen and oxygen atoms in total. The molecule has 1 unspecified atom stereocenters. The maximum absolute atomic E-state index is 13.0. The van der Waals surface area contributed by atoms with Gasteiger partial charge in [-0.1, -0.05) is 42.5 Å². The lowest BCUT2D eigenvalue weighted by molar-refractivity contribution is -0.136. The fourth-order valence-corrected chi connectivity index (χ4v) is 3.94. The highest BCUT2D eigenvalue weighted by Crippen LogP contribution is 2.25. The number of likely N-dealkylation sites (N-methyl/N-ethyl adjacent to an activating group) is 1. The molecule has 28 heavy (non-hydrogen) atoms. The molecule has 6 heteroatoms. The number of carbonyl (C=O) groups excluding carboxylic acids is 1. The summed E-state index contributed by atoms with van der Waals surface area (Å²) in [5.41, 5.74) is 2.53. The maximum Gasteiger partial charge on any atom is 0.419 e. The summed E-state index contributed by atoms with van der Waals surface area (Å²) in [5.74, 6) is -0.224. The van der Waals surface area contributed by atoms with Gasteiger partial charge >= 0.3 is 5.76 Å². The second-order valence-electron chi connectivity index (χ2n) is 7.37. The molecule has 4 rings (SSSR count). The number of fused-ring (bicyclic) bond motifs is 1. The van der Waals surface area contributed by atoms with Crippen molar-refractivity contribution >= 4 is 17.0 Å². The van der Waals surface area contributed by atoms with Crippen LogP contribution in [0.15, 0.2) is 63.8 Å². The Hall–Kier alpha value is -2.86. The Bertz CT molecular complexity index is 1010. The third kappa shape index (κ3) is 3.73. The zero-order valence-electron chi connectivity index (χ0n) is 16.1. The Kier molecular flexibility index (Phi) is 5.30. The van der Waals surface area contributed by atoms with Gasteiger partial charge < -0.3 is 14.2 Å². The van der Waals surface area contributed by atoms with Gasteiger partial charge in [-0.05, 0) is 31.2 Å². The highest BCUT2D eigenvalue weighted by Gasteiger charge is 2.29. The second kappa shape index (κ2) is 8.02. The largest absolute Gasteiger partial charge is 0.419 e. The first-order valence-corrected chi connectivity index (χ1v) is 9.75. The van der Waals surface area contributed by atoms with E-state index in [9.17, 15) is 9.59 Å². The van der Waals surface area contributed by atoms with Gasteiger partial charge in [0.25, 0.3) is 0 Å². The Morgan fingerprint density at radius 3 is 2.64 bits per heavy atom. The lowest BCUT2D eigenvalue weighted by Crippen LogP contribution is -2.49. The van der Waals surface area contributed by atoms with E-state index in [0.717, 1.165) is 25.2 Å². The standard InChI is InChI=1S/C22H25N3O3/c1-23-14-15-24(19(16-23)17-8-3-2-4-9-17)21(26)12-7-13-25-18-10-5-6-11-20(18)28-22(25)27/h2-6,8-11,19H,7,12-16H2,1H3. The molecule has 0 aliphatic carbocycles. The third-order valence-corrected chi connectivity index (χ3v) is 5.43. The predicted octanol–water partition coefficient (Wildman–Crippen LogP) is 2.89. The van der Waals surface area contributed by atoms with Crippen LogP contribution >= 0.6 is 0 Å².